The van der Waals surface area contributed by atoms with Gasteiger partial charge in [-0.1, -0.05) is 0 Å². The van der Waals surface area contributed by atoms with Crippen molar-refractivity contribution in [1.82, 2.24) is 24.4 Å². The van der Waals surface area contributed by atoms with Gasteiger partial charge in [0.25, 0.3) is 0 Å². The number of imidazole rings is 1. The van der Waals surface area contributed by atoms with Gasteiger partial charge in [-0.05, 0) is 31.7 Å². The Kier molecular flexibility index (Phi) is 4.50. The van der Waals surface area contributed by atoms with E-state index in [4.69, 9.17) is 4.74 Å². The molecule has 3 fully saturated rings. The van der Waals surface area contributed by atoms with Crippen LogP contribution < -0.4 is 4.90 Å². The van der Waals surface area contributed by atoms with Gasteiger partial charge in [0, 0.05) is 50.5 Å². The number of carbonyl (C=O) groups excluding carboxylic acids is 1. The van der Waals surface area contributed by atoms with Crippen LogP contribution in [0.15, 0.2) is 30.9 Å². The summed E-state index contributed by atoms with van der Waals surface area (Å²) in [5.41, 5.74) is -0.358. The Balaban J connectivity index is 1.23. The Morgan fingerprint density at radius 3 is 2.61 bits per heavy atom. The molecule has 8 heteroatoms. The van der Waals surface area contributed by atoms with Gasteiger partial charge in [-0.15, -0.1) is 0 Å². The van der Waals surface area contributed by atoms with E-state index in [0.717, 1.165) is 37.7 Å². The van der Waals surface area contributed by atoms with Crippen LogP contribution in [-0.2, 0) is 16.1 Å². The van der Waals surface area contributed by atoms with Crippen LogP contribution in [0.1, 0.15) is 44.0 Å². The number of hydrogen-bond acceptors (Lipinski definition) is 6. The molecule has 148 valence electrons. The van der Waals surface area contributed by atoms with Crippen molar-refractivity contribution in [2.75, 3.05) is 31.1 Å². The van der Waals surface area contributed by atoms with E-state index < -0.39 is 0 Å². The Morgan fingerprint density at radius 1 is 1.07 bits per heavy atom. The van der Waals surface area contributed by atoms with E-state index in [2.05, 4.69) is 24.4 Å². The average Bonchev–Trinajstić information content (AvgIpc) is 3.48. The molecule has 3 aliphatic rings. The third-order valence-corrected chi connectivity index (χ3v) is 6.13. The van der Waals surface area contributed by atoms with E-state index in [-0.39, 0.29) is 11.5 Å². The van der Waals surface area contributed by atoms with Gasteiger partial charge in [0.2, 0.25) is 11.9 Å². The van der Waals surface area contributed by atoms with Crippen molar-refractivity contribution >= 4 is 11.9 Å². The SMILES string of the molecule is O=C1CC2(CCN(c3ncccn3)CC2)OCCN1Cc1nccn1C1CC1. The highest BCUT2D eigenvalue weighted by atomic mass is 16.5. The Morgan fingerprint density at radius 2 is 1.86 bits per heavy atom. The zero-order chi connectivity index (χ0) is 19.0. The minimum Gasteiger partial charge on any atom is -0.372 e. The number of aromatic nitrogens is 4. The molecule has 0 N–H and O–H groups in total. The number of carbonyl (C=O) groups is 1. The van der Waals surface area contributed by atoms with Crippen LogP contribution >= 0.6 is 0 Å². The molecule has 0 radical (unpaired) electrons. The normalized spacial score (nSPS) is 22.5. The van der Waals surface area contributed by atoms with Gasteiger partial charge < -0.3 is 19.1 Å². The van der Waals surface area contributed by atoms with Gasteiger partial charge in [-0.2, -0.15) is 0 Å². The lowest BCUT2D eigenvalue weighted by atomic mass is 9.87. The molecule has 1 aliphatic carbocycles. The average molecular weight is 382 g/mol. The summed E-state index contributed by atoms with van der Waals surface area (Å²) in [6, 6.07) is 2.40. The lowest BCUT2D eigenvalue weighted by molar-refractivity contribution is -0.134. The van der Waals surface area contributed by atoms with Crippen molar-refractivity contribution in [1.29, 1.82) is 0 Å². The highest BCUT2D eigenvalue weighted by Crippen LogP contribution is 2.36. The fraction of sp³-hybridized carbons (Fsp3) is 0.600. The van der Waals surface area contributed by atoms with Gasteiger partial charge in [0.1, 0.15) is 5.82 Å². The first kappa shape index (κ1) is 17.6. The number of nitrogens with zero attached hydrogens (tertiary/aromatic N) is 6. The Bertz CT molecular complexity index is 826. The molecule has 5 rings (SSSR count). The largest absolute Gasteiger partial charge is 0.372 e. The predicted octanol–water partition coefficient (Wildman–Crippen LogP) is 1.80. The molecule has 0 unspecified atom stereocenters. The summed E-state index contributed by atoms with van der Waals surface area (Å²) in [6.45, 7) is 3.40. The molecule has 2 aromatic rings. The van der Waals surface area contributed by atoms with Crippen LogP contribution in [0.3, 0.4) is 0 Å². The maximum atomic E-state index is 13.0. The molecule has 1 spiro atoms. The molecule has 2 aromatic heterocycles. The molecule has 2 aliphatic heterocycles. The number of ether oxygens (including phenoxy) is 1. The zero-order valence-electron chi connectivity index (χ0n) is 16.0. The molecule has 0 atom stereocenters. The van der Waals surface area contributed by atoms with Crippen molar-refractivity contribution < 1.29 is 9.53 Å². The maximum absolute atomic E-state index is 13.0. The van der Waals surface area contributed by atoms with E-state index in [9.17, 15) is 4.79 Å². The summed E-state index contributed by atoms with van der Waals surface area (Å²) >= 11 is 0. The number of anilines is 1. The summed E-state index contributed by atoms with van der Waals surface area (Å²) in [6.07, 6.45) is 11.9. The molecule has 2 saturated heterocycles. The first-order valence-electron chi connectivity index (χ1n) is 10.2. The molecule has 4 heterocycles. The smallest absolute Gasteiger partial charge is 0.225 e. The van der Waals surface area contributed by atoms with E-state index in [0.29, 0.717) is 32.2 Å². The van der Waals surface area contributed by atoms with Crippen molar-refractivity contribution in [2.45, 2.75) is 50.3 Å². The predicted molar refractivity (Wildman–Crippen MR) is 103 cm³/mol. The van der Waals surface area contributed by atoms with Crippen LogP contribution in [0.4, 0.5) is 5.95 Å². The third-order valence-electron chi connectivity index (χ3n) is 6.13. The highest BCUT2D eigenvalue weighted by molar-refractivity contribution is 5.77. The number of hydrogen-bond donors (Lipinski definition) is 0. The van der Waals surface area contributed by atoms with Gasteiger partial charge in [-0.25, -0.2) is 15.0 Å². The van der Waals surface area contributed by atoms with Crippen molar-refractivity contribution in [3.05, 3.63) is 36.7 Å². The molecular formula is C20H26N6O2. The van der Waals surface area contributed by atoms with Crippen molar-refractivity contribution in [3.8, 4) is 0 Å². The second-order valence-corrected chi connectivity index (χ2v) is 8.04. The summed E-state index contributed by atoms with van der Waals surface area (Å²) in [5, 5.41) is 0. The molecule has 1 saturated carbocycles. The molecular weight excluding hydrogens is 356 g/mol. The molecule has 1 amide bonds. The minimum absolute atomic E-state index is 0.173. The van der Waals surface area contributed by atoms with Gasteiger partial charge >= 0.3 is 0 Å². The van der Waals surface area contributed by atoms with Crippen LogP contribution in [0.2, 0.25) is 0 Å². The molecule has 0 bridgehead atoms. The summed E-state index contributed by atoms with van der Waals surface area (Å²) in [5.74, 6) is 1.92. The van der Waals surface area contributed by atoms with Crippen LogP contribution in [0.5, 0.6) is 0 Å². The number of amides is 1. The fourth-order valence-corrected chi connectivity index (χ4v) is 4.31. The molecule has 8 nitrogen and oxygen atoms in total. The van der Waals surface area contributed by atoms with E-state index in [1.54, 1.807) is 12.4 Å². The summed E-state index contributed by atoms with van der Waals surface area (Å²) in [4.78, 5) is 30.3. The fourth-order valence-electron chi connectivity index (χ4n) is 4.31. The maximum Gasteiger partial charge on any atom is 0.225 e. The quantitative estimate of drug-likeness (QED) is 0.803. The van der Waals surface area contributed by atoms with Gasteiger partial charge in [-0.3, -0.25) is 4.79 Å². The summed E-state index contributed by atoms with van der Waals surface area (Å²) < 4.78 is 8.50. The summed E-state index contributed by atoms with van der Waals surface area (Å²) in [7, 11) is 0. The molecule has 0 aromatic carbocycles. The van der Waals surface area contributed by atoms with Gasteiger partial charge in [0.05, 0.1) is 25.2 Å². The first-order valence-corrected chi connectivity index (χ1v) is 10.2. The van der Waals surface area contributed by atoms with Crippen molar-refractivity contribution in [2.24, 2.45) is 0 Å². The van der Waals surface area contributed by atoms with Crippen LogP contribution in [0, 0.1) is 0 Å². The van der Waals surface area contributed by atoms with E-state index in [1.165, 1.54) is 12.8 Å². The van der Waals surface area contributed by atoms with Crippen LogP contribution in [0.25, 0.3) is 0 Å². The monoisotopic (exact) mass is 382 g/mol. The Hall–Kier alpha value is -2.48. The molecule has 28 heavy (non-hydrogen) atoms. The lowest BCUT2D eigenvalue weighted by Gasteiger charge is -2.40. The lowest BCUT2D eigenvalue weighted by Crippen LogP contribution is -2.47. The minimum atomic E-state index is -0.358. The topological polar surface area (TPSA) is 76.4 Å². The van der Waals surface area contributed by atoms with Crippen molar-refractivity contribution in [3.63, 3.8) is 0 Å². The standard InChI is InChI=1S/C20H26N6O2/c27-18-14-20(4-9-24(10-5-20)19-22-6-1-7-23-19)28-13-12-25(18)15-17-21-8-11-26(17)16-2-3-16/h1,6-8,11,16H,2-5,9-10,12-15H2. The number of rotatable bonds is 4. The third kappa shape index (κ3) is 3.48. The highest BCUT2D eigenvalue weighted by Gasteiger charge is 2.41. The Labute approximate surface area is 164 Å². The van der Waals surface area contributed by atoms with E-state index in [1.807, 2.05) is 23.4 Å². The first-order chi connectivity index (χ1) is 13.7. The number of piperidine rings is 1. The van der Waals surface area contributed by atoms with Crippen LogP contribution in [-0.4, -0.2) is 62.2 Å². The van der Waals surface area contributed by atoms with E-state index >= 15 is 0 Å². The van der Waals surface area contributed by atoms with Gasteiger partial charge in [0.15, 0.2) is 0 Å². The second-order valence-electron chi connectivity index (χ2n) is 8.04. The zero-order valence-corrected chi connectivity index (χ0v) is 16.0. The second kappa shape index (κ2) is 7.16.